The van der Waals surface area contributed by atoms with Crippen LogP contribution >= 0.6 is 0 Å². The lowest BCUT2D eigenvalue weighted by Gasteiger charge is -2.31. The first-order valence-corrected chi connectivity index (χ1v) is 12.7. The Bertz CT molecular complexity index is 917. The van der Waals surface area contributed by atoms with Gasteiger partial charge in [0.05, 0.1) is 0 Å². The monoisotopic (exact) mass is 407 g/mol. The molecule has 1 atom stereocenters. The summed E-state index contributed by atoms with van der Waals surface area (Å²) in [5, 5.41) is 12.2. The Kier molecular flexibility index (Phi) is 7.05. The third-order valence-electron chi connectivity index (χ3n) is 5.44. The molecule has 0 fully saturated rings. The largest absolute Gasteiger partial charge is 0.480 e. The zero-order chi connectivity index (χ0) is 21.7. The van der Waals surface area contributed by atoms with E-state index in [2.05, 4.69) is 50.6 Å². The number of nitrogens with one attached hydrogen (secondary N) is 1. The molecule has 2 aromatic carbocycles. The fourth-order valence-electron chi connectivity index (χ4n) is 2.45. The zero-order valence-electron chi connectivity index (χ0n) is 17.7. The molecule has 1 amide bonds. The molecule has 0 aliphatic rings. The molecular weight excluding hydrogens is 378 g/mol. The number of carboxylic acid groups (broad SMARTS) is 1. The fourth-order valence-corrected chi connectivity index (χ4v) is 3.37. The van der Waals surface area contributed by atoms with Gasteiger partial charge >= 0.3 is 5.97 Å². The maximum absolute atomic E-state index is 12.5. The van der Waals surface area contributed by atoms with Crippen LogP contribution in [0.25, 0.3) is 11.1 Å². The van der Waals surface area contributed by atoms with Gasteiger partial charge in [0, 0.05) is 12.0 Å². The average molecular weight is 408 g/mol. The lowest BCUT2D eigenvalue weighted by atomic mass is 10.0. The Hall–Kier alpha value is -2.84. The SMILES string of the molecule is CC(C)(C)[Si](C)(C)C#CC[C@@H](NC(=O)c1ccc(-c2ccccc2)cc1)C(=O)O. The molecule has 0 unspecified atom stereocenters. The number of carbonyl (C=O) groups is 2. The third kappa shape index (κ3) is 6.07. The standard InChI is InChI=1S/C24H29NO3Si/c1-24(2,3)29(4,5)17-9-12-21(23(27)28)25-22(26)20-15-13-19(14-16-20)18-10-7-6-8-11-18/h6-8,10-11,13-16,21H,12H2,1-5H3,(H,25,26)(H,27,28)/t21-/m1/s1. The van der Waals surface area contributed by atoms with Crippen molar-refractivity contribution in [1.82, 2.24) is 5.32 Å². The average Bonchev–Trinajstić information content (AvgIpc) is 2.66. The van der Waals surface area contributed by atoms with Gasteiger partial charge in [0.25, 0.3) is 5.91 Å². The van der Waals surface area contributed by atoms with Crippen molar-refractivity contribution in [2.45, 2.75) is 51.4 Å². The van der Waals surface area contributed by atoms with Gasteiger partial charge in [-0.25, -0.2) is 4.79 Å². The smallest absolute Gasteiger partial charge is 0.327 e. The molecule has 0 saturated carbocycles. The van der Waals surface area contributed by atoms with E-state index in [4.69, 9.17) is 0 Å². The third-order valence-corrected chi connectivity index (χ3v) is 9.99. The molecule has 2 aromatic rings. The van der Waals surface area contributed by atoms with Crippen LogP contribution in [0.15, 0.2) is 54.6 Å². The second-order valence-electron chi connectivity index (χ2n) is 8.69. The summed E-state index contributed by atoms with van der Waals surface area (Å²) < 4.78 is 0. The Morgan fingerprint density at radius 1 is 1.00 bits per heavy atom. The molecule has 29 heavy (non-hydrogen) atoms. The van der Waals surface area contributed by atoms with E-state index >= 15 is 0 Å². The molecule has 0 bridgehead atoms. The van der Waals surface area contributed by atoms with Crippen molar-refractivity contribution in [3.63, 3.8) is 0 Å². The van der Waals surface area contributed by atoms with Crippen molar-refractivity contribution in [2.24, 2.45) is 0 Å². The maximum Gasteiger partial charge on any atom is 0.327 e. The molecule has 0 heterocycles. The maximum atomic E-state index is 12.5. The van der Waals surface area contributed by atoms with Gasteiger partial charge in [-0.1, -0.05) is 76.3 Å². The molecule has 4 nitrogen and oxygen atoms in total. The molecule has 0 aromatic heterocycles. The van der Waals surface area contributed by atoms with Gasteiger partial charge in [0.2, 0.25) is 0 Å². The summed E-state index contributed by atoms with van der Waals surface area (Å²) in [5.74, 6) is 1.53. The first-order valence-electron chi connectivity index (χ1n) is 9.70. The Morgan fingerprint density at radius 2 is 1.55 bits per heavy atom. The normalized spacial score (nSPS) is 12.4. The van der Waals surface area contributed by atoms with Gasteiger partial charge < -0.3 is 10.4 Å². The number of amides is 1. The zero-order valence-corrected chi connectivity index (χ0v) is 18.7. The number of carboxylic acids is 1. The van der Waals surface area contributed by atoms with Crippen LogP contribution in [0.1, 0.15) is 37.6 Å². The van der Waals surface area contributed by atoms with Gasteiger partial charge in [-0.05, 0) is 28.3 Å². The van der Waals surface area contributed by atoms with Gasteiger partial charge in [-0.2, -0.15) is 0 Å². The van der Waals surface area contributed by atoms with Crippen molar-refractivity contribution in [3.05, 3.63) is 60.2 Å². The molecule has 5 heteroatoms. The first-order chi connectivity index (χ1) is 13.5. The minimum atomic E-state index is -1.82. The van der Waals surface area contributed by atoms with Gasteiger partial charge in [-0.3, -0.25) is 4.79 Å². The van der Waals surface area contributed by atoms with Crippen LogP contribution in [-0.2, 0) is 4.79 Å². The highest BCUT2D eigenvalue weighted by atomic mass is 28.3. The highest BCUT2D eigenvalue weighted by Crippen LogP contribution is 2.35. The first kappa shape index (κ1) is 22.4. The van der Waals surface area contributed by atoms with E-state index < -0.39 is 26.0 Å². The van der Waals surface area contributed by atoms with Crippen molar-refractivity contribution >= 4 is 20.0 Å². The number of benzene rings is 2. The van der Waals surface area contributed by atoms with E-state index in [1.807, 2.05) is 42.5 Å². The van der Waals surface area contributed by atoms with Gasteiger partial charge in [-0.15, -0.1) is 11.5 Å². The van der Waals surface area contributed by atoms with E-state index in [-0.39, 0.29) is 11.5 Å². The Balaban J connectivity index is 2.08. The van der Waals surface area contributed by atoms with E-state index in [0.29, 0.717) is 5.56 Å². The lowest BCUT2D eigenvalue weighted by molar-refractivity contribution is -0.139. The van der Waals surface area contributed by atoms with E-state index in [9.17, 15) is 14.7 Å². The summed E-state index contributed by atoms with van der Waals surface area (Å²) in [6.45, 7) is 10.8. The highest BCUT2D eigenvalue weighted by Gasteiger charge is 2.33. The lowest BCUT2D eigenvalue weighted by Crippen LogP contribution is -2.41. The van der Waals surface area contributed by atoms with Crippen molar-refractivity contribution in [3.8, 4) is 22.6 Å². The van der Waals surface area contributed by atoms with Gasteiger partial charge in [0.1, 0.15) is 14.1 Å². The number of rotatable bonds is 5. The predicted molar refractivity (Wildman–Crippen MR) is 120 cm³/mol. The summed E-state index contributed by atoms with van der Waals surface area (Å²) in [4.78, 5) is 24.1. The molecule has 0 spiro atoms. The Labute approximate surface area is 174 Å². The second-order valence-corrected chi connectivity index (χ2v) is 13.7. The molecular formula is C24H29NO3Si. The summed E-state index contributed by atoms with van der Waals surface area (Å²) in [7, 11) is -1.82. The van der Waals surface area contributed by atoms with Gasteiger partial charge in [0.15, 0.2) is 0 Å². The van der Waals surface area contributed by atoms with Crippen LogP contribution in [-0.4, -0.2) is 31.1 Å². The van der Waals surface area contributed by atoms with E-state index in [1.165, 1.54) is 0 Å². The summed E-state index contributed by atoms with van der Waals surface area (Å²) in [6, 6.07) is 16.0. The number of hydrogen-bond donors (Lipinski definition) is 2. The van der Waals surface area contributed by atoms with Crippen LogP contribution in [0.3, 0.4) is 0 Å². The summed E-state index contributed by atoms with van der Waals surface area (Å²) in [6.07, 6.45) is 0.0929. The second kappa shape index (κ2) is 9.10. The van der Waals surface area contributed by atoms with Crippen LogP contribution in [0.5, 0.6) is 0 Å². The fraction of sp³-hybridized carbons (Fsp3) is 0.333. The molecule has 0 aliphatic heterocycles. The quantitative estimate of drug-likeness (QED) is 0.543. The minimum absolute atomic E-state index is 0.0929. The van der Waals surface area contributed by atoms with Crippen molar-refractivity contribution < 1.29 is 14.7 Å². The summed E-state index contributed by atoms with van der Waals surface area (Å²) in [5.41, 5.74) is 5.78. The number of carbonyl (C=O) groups excluding carboxylic acids is 1. The minimum Gasteiger partial charge on any atom is -0.480 e. The molecule has 2 rings (SSSR count). The molecule has 0 saturated heterocycles. The number of aliphatic carboxylic acids is 1. The molecule has 0 aliphatic carbocycles. The van der Waals surface area contributed by atoms with Crippen LogP contribution in [0, 0.1) is 11.5 Å². The van der Waals surface area contributed by atoms with E-state index in [0.717, 1.165) is 11.1 Å². The molecule has 2 N–H and O–H groups in total. The Morgan fingerprint density at radius 3 is 2.07 bits per heavy atom. The molecule has 152 valence electrons. The van der Waals surface area contributed by atoms with Crippen LogP contribution < -0.4 is 5.32 Å². The predicted octanol–water partition coefficient (Wildman–Crippen LogP) is 4.98. The van der Waals surface area contributed by atoms with Crippen molar-refractivity contribution in [1.29, 1.82) is 0 Å². The van der Waals surface area contributed by atoms with E-state index in [1.54, 1.807) is 12.1 Å². The van der Waals surface area contributed by atoms with Crippen LogP contribution in [0.4, 0.5) is 0 Å². The topological polar surface area (TPSA) is 66.4 Å². The van der Waals surface area contributed by atoms with Crippen LogP contribution in [0.2, 0.25) is 18.1 Å². The summed E-state index contributed by atoms with van der Waals surface area (Å²) >= 11 is 0. The number of hydrogen-bond acceptors (Lipinski definition) is 2. The van der Waals surface area contributed by atoms with Crippen molar-refractivity contribution in [2.75, 3.05) is 0 Å². The highest BCUT2D eigenvalue weighted by molar-refractivity contribution is 6.87. The molecule has 0 radical (unpaired) electrons.